The molecular formula is C13H17N3O6S. The third-order valence-corrected chi connectivity index (χ3v) is 5.51. The fraction of sp³-hybridized carbons (Fsp3) is 0.462. The molecule has 1 aliphatic rings. The molecule has 0 spiro atoms. The smallest absolute Gasteiger partial charge is 0.422 e. The van der Waals surface area contributed by atoms with Gasteiger partial charge in [-0.25, -0.2) is 4.79 Å². The van der Waals surface area contributed by atoms with E-state index in [2.05, 4.69) is 0 Å². The van der Waals surface area contributed by atoms with E-state index in [1.807, 2.05) is 0 Å². The number of nitrogens with zero attached hydrogens (tertiary/aromatic N) is 3. The zero-order chi connectivity index (χ0) is 17.6. The number of benzene rings is 1. The van der Waals surface area contributed by atoms with Crippen LogP contribution in [0.1, 0.15) is 20.8 Å². The summed E-state index contributed by atoms with van der Waals surface area (Å²) in [7, 11) is -4.25. The standard InChI is InChI=1S/C13H17N3O6S/c1-13(2,3)11-8-14(23(21,22)15(11)12(17)18)9-4-6-10(7-5-9)16(19)20/h4-7,11H,8H2,1-3H3,(H,17,18). The van der Waals surface area contributed by atoms with Gasteiger partial charge in [-0.05, 0) is 17.5 Å². The fourth-order valence-electron chi connectivity index (χ4n) is 2.43. The van der Waals surface area contributed by atoms with Crippen molar-refractivity contribution < 1.29 is 23.2 Å². The first-order chi connectivity index (χ1) is 10.5. The van der Waals surface area contributed by atoms with Crippen molar-refractivity contribution >= 4 is 27.7 Å². The fourth-order valence-corrected chi connectivity index (χ4v) is 4.26. The van der Waals surface area contributed by atoms with Crippen molar-refractivity contribution in [1.29, 1.82) is 0 Å². The van der Waals surface area contributed by atoms with E-state index in [0.29, 0.717) is 4.31 Å². The predicted molar refractivity (Wildman–Crippen MR) is 82.5 cm³/mol. The van der Waals surface area contributed by atoms with E-state index in [1.165, 1.54) is 24.3 Å². The number of rotatable bonds is 2. The highest BCUT2D eigenvalue weighted by Crippen LogP contribution is 2.37. The minimum atomic E-state index is -4.25. The lowest BCUT2D eigenvalue weighted by atomic mass is 9.86. The van der Waals surface area contributed by atoms with Gasteiger partial charge in [0.25, 0.3) is 5.69 Å². The molecule has 23 heavy (non-hydrogen) atoms. The van der Waals surface area contributed by atoms with Crippen LogP contribution >= 0.6 is 0 Å². The Hall–Kier alpha value is -2.36. The Balaban J connectivity index is 2.47. The van der Waals surface area contributed by atoms with Crippen molar-refractivity contribution in [2.24, 2.45) is 5.41 Å². The van der Waals surface area contributed by atoms with E-state index in [0.717, 1.165) is 4.31 Å². The SMILES string of the molecule is CC(C)(C)C1CN(c2ccc([N+](=O)[O-])cc2)S(=O)(=O)N1C(=O)O. The first-order valence-corrected chi connectivity index (χ1v) is 8.15. The molecule has 0 radical (unpaired) electrons. The van der Waals surface area contributed by atoms with E-state index >= 15 is 0 Å². The largest absolute Gasteiger partial charge is 0.464 e. The van der Waals surface area contributed by atoms with Gasteiger partial charge in [0.05, 0.1) is 23.2 Å². The van der Waals surface area contributed by atoms with E-state index in [-0.39, 0.29) is 17.9 Å². The Morgan fingerprint density at radius 2 is 1.83 bits per heavy atom. The maximum absolute atomic E-state index is 12.5. The van der Waals surface area contributed by atoms with E-state index in [9.17, 15) is 28.4 Å². The predicted octanol–water partition coefficient (Wildman–Crippen LogP) is 2.05. The maximum Gasteiger partial charge on any atom is 0.422 e. The third-order valence-electron chi connectivity index (χ3n) is 3.69. The molecule has 1 atom stereocenters. The van der Waals surface area contributed by atoms with Crippen LogP contribution in [0.25, 0.3) is 0 Å². The summed E-state index contributed by atoms with van der Waals surface area (Å²) < 4.78 is 26.5. The van der Waals surface area contributed by atoms with Gasteiger partial charge >= 0.3 is 16.3 Å². The van der Waals surface area contributed by atoms with Gasteiger partial charge in [-0.15, -0.1) is 0 Å². The molecule has 1 saturated heterocycles. The Labute approximate surface area is 133 Å². The van der Waals surface area contributed by atoms with E-state index < -0.39 is 32.7 Å². The second-order valence-corrected chi connectivity index (χ2v) is 8.00. The molecule has 126 valence electrons. The topological polar surface area (TPSA) is 121 Å². The minimum absolute atomic E-state index is 0.0457. The highest BCUT2D eigenvalue weighted by Gasteiger charge is 2.51. The molecule has 2 rings (SSSR count). The summed E-state index contributed by atoms with van der Waals surface area (Å²) in [5.74, 6) is 0. The average Bonchev–Trinajstić information content (AvgIpc) is 2.70. The Morgan fingerprint density at radius 1 is 1.30 bits per heavy atom. The van der Waals surface area contributed by atoms with Crippen molar-refractivity contribution in [2.45, 2.75) is 26.8 Å². The first-order valence-electron chi connectivity index (χ1n) is 6.75. The van der Waals surface area contributed by atoms with Crippen LogP contribution in [0, 0.1) is 15.5 Å². The Kier molecular flexibility index (Phi) is 3.97. The second-order valence-electron chi connectivity index (χ2n) is 6.27. The number of nitro benzene ring substituents is 1. The summed E-state index contributed by atoms with van der Waals surface area (Å²) in [6.45, 7) is 5.21. The molecule has 10 heteroatoms. The van der Waals surface area contributed by atoms with Gasteiger partial charge in [0.15, 0.2) is 0 Å². The maximum atomic E-state index is 12.5. The highest BCUT2D eigenvalue weighted by molar-refractivity contribution is 7.91. The van der Waals surface area contributed by atoms with Crippen LogP contribution in [-0.4, -0.2) is 41.4 Å². The Morgan fingerprint density at radius 3 is 2.17 bits per heavy atom. The third kappa shape index (κ3) is 2.93. The molecule has 1 aromatic rings. The number of carboxylic acid groups (broad SMARTS) is 1. The summed E-state index contributed by atoms with van der Waals surface area (Å²) in [4.78, 5) is 21.5. The molecule has 9 nitrogen and oxygen atoms in total. The van der Waals surface area contributed by atoms with Gasteiger partial charge in [0.1, 0.15) is 0 Å². The van der Waals surface area contributed by atoms with E-state index in [4.69, 9.17) is 0 Å². The van der Waals surface area contributed by atoms with Gasteiger partial charge in [-0.1, -0.05) is 20.8 Å². The summed E-state index contributed by atoms with van der Waals surface area (Å²) in [5, 5.41) is 20.0. The average molecular weight is 343 g/mol. The van der Waals surface area contributed by atoms with Crippen molar-refractivity contribution in [1.82, 2.24) is 4.31 Å². The van der Waals surface area contributed by atoms with Crippen LogP contribution in [0.3, 0.4) is 0 Å². The number of carbonyl (C=O) groups is 1. The molecule has 0 aromatic heterocycles. The number of nitro groups is 1. The molecule has 1 N–H and O–H groups in total. The van der Waals surface area contributed by atoms with E-state index in [1.54, 1.807) is 20.8 Å². The van der Waals surface area contributed by atoms with Crippen molar-refractivity contribution in [3.05, 3.63) is 34.4 Å². The number of hydrogen-bond acceptors (Lipinski definition) is 5. The van der Waals surface area contributed by atoms with Crippen LogP contribution in [0.15, 0.2) is 24.3 Å². The number of anilines is 1. The van der Waals surface area contributed by atoms with Gasteiger partial charge < -0.3 is 5.11 Å². The molecular weight excluding hydrogens is 326 g/mol. The van der Waals surface area contributed by atoms with Crippen molar-refractivity contribution in [3.63, 3.8) is 0 Å². The van der Waals surface area contributed by atoms with Gasteiger partial charge in [0.2, 0.25) is 0 Å². The molecule has 0 bridgehead atoms. The molecule has 1 fully saturated rings. The lowest BCUT2D eigenvalue weighted by molar-refractivity contribution is -0.384. The summed E-state index contributed by atoms with van der Waals surface area (Å²) >= 11 is 0. The Bertz CT molecular complexity index is 738. The lowest BCUT2D eigenvalue weighted by Crippen LogP contribution is -2.45. The zero-order valence-corrected chi connectivity index (χ0v) is 13.6. The summed E-state index contributed by atoms with van der Waals surface area (Å²) in [6.07, 6.45) is -1.55. The lowest BCUT2D eigenvalue weighted by Gasteiger charge is -2.29. The van der Waals surface area contributed by atoms with Crippen molar-refractivity contribution in [2.75, 3.05) is 10.8 Å². The van der Waals surface area contributed by atoms with Crippen molar-refractivity contribution in [3.8, 4) is 0 Å². The number of amides is 1. The van der Waals surface area contributed by atoms with Gasteiger partial charge in [-0.3, -0.25) is 14.4 Å². The van der Waals surface area contributed by atoms with Gasteiger partial charge in [-0.2, -0.15) is 12.7 Å². The van der Waals surface area contributed by atoms with Crippen LogP contribution < -0.4 is 4.31 Å². The van der Waals surface area contributed by atoms with Crippen LogP contribution in [-0.2, 0) is 10.2 Å². The number of hydrogen-bond donors (Lipinski definition) is 1. The zero-order valence-electron chi connectivity index (χ0n) is 12.8. The number of non-ortho nitro benzene ring substituents is 1. The summed E-state index contributed by atoms with van der Waals surface area (Å²) in [6, 6.07) is 4.18. The molecule has 1 aromatic carbocycles. The van der Waals surface area contributed by atoms with Gasteiger partial charge in [0, 0.05) is 12.1 Å². The molecule has 1 amide bonds. The van der Waals surface area contributed by atoms with Crippen LogP contribution in [0.4, 0.5) is 16.2 Å². The second kappa shape index (κ2) is 5.37. The summed E-state index contributed by atoms with van der Waals surface area (Å²) in [5.41, 5.74) is -0.581. The van der Waals surface area contributed by atoms with Crippen LogP contribution in [0.2, 0.25) is 0 Å². The minimum Gasteiger partial charge on any atom is -0.464 e. The van der Waals surface area contributed by atoms with Crippen LogP contribution in [0.5, 0.6) is 0 Å². The molecule has 1 aliphatic heterocycles. The normalized spacial score (nSPS) is 20.6. The monoisotopic (exact) mass is 343 g/mol. The highest BCUT2D eigenvalue weighted by atomic mass is 32.2. The molecule has 1 heterocycles. The molecule has 0 aliphatic carbocycles. The molecule has 0 saturated carbocycles. The first kappa shape index (κ1) is 17.0. The quantitative estimate of drug-likeness (QED) is 0.648. The molecule has 1 unspecified atom stereocenters.